The molecule has 0 heterocycles. The molecule has 0 unspecified atom stereocenters. The quantitative estimate of drug-likeness (QED) is 0.0536. The van der Waals surface area contributed by atoms with Crippen molar-refractivity contribution in [1.82, 2.24) is 19.6 Å². The molecule has 64 heavy (non-hydrogen) atoms. The Bertz CT molecular complexity index is 1850. The third-order valence-electron chi connectivity index (χ3n) is 14.6. The number of phenols is 8. The number of fused-ring (bicyclic) bond motifs is 8. The molecular weight excluding hydrogens is 809 g/mol. The smallest absolute Gasteiger partial charge is 0.127 e. The van der Waals surface area contributed by atoms with Crippen molar-refractivity contribution in [3.8, 4) is 46.0 Å². The van der Waals surface area contributed by atoms with Crippen LogP contribution in [0.3, 0.4) is 0 Å². The van der Waals surface area contributed by atoms with E-state index in [9.17, 15) is 40.9 Å². The number of aromatic hydroxyl groups is 8. The Morgan fingerprint density at radius 2 is 0.406 bits per heavy atom. The molecule has 352 valence electrons. The van der Waals surface area contributed by atoms with Crippen molar-refractivity contribution in [1.29, 1.82) is 0 Å². The van der Waals surface area contributed by atoms with E-state index < -0.39 is 23.7 Å². The summed E-state index contributed by atoms with van der Waals surface area (Å²) in [4.78, 5) is 8.35. The van der Waals surface area contributed by atoms with Crippen LogP contribution in [0.25, 0.3) is 0 Å². The minimum atomic E-state index is -0.693. The van der Waals surface area contributed by atoms with Crippen LogP contribution in [-0.2, 0) is 26.2 Å². The molecule has 0 aromatic heterocycles. The first-order chi connectivity index (χ1) is 30.4. The fraction of sp³-hybridized carbons (Fsp3) is 0.538. The average molecular weight is 885 g/mol. The summed E-state index contributed by atoms with van der Waals surface area (Å²) in [6.45, 7) is 29.7. The van der Waals surface area contributed by atoms with Gasteiger partial charge in [-0.15, -0.1) is 0 Å². The number of hydrogen-bond donors (Lipinski definition) is 8. The van der Waals surface area contributed by atoms with E-state index in [2.05, 4.69) is 19.6 Å². The van der Waals surface area contributed by atoms with Gasteiger partial charge < -0.3 is 40.9 Å². The lowest BCUT2D eigenvalue weighted by molar-refractivity contribution is 0.283. The summed E-state index contributed by atoms with van der Waals surface area (Å²) in [6, 6.07) is 6.98. The van der Waals surface area contributed by atoms with Gasteiger partial charge in [0.2, 0.25) is 0 Å². The second-order valence-corrected chi connectivity index (χ2v) is 17.7. The van der Waals surface area contributed by atoms with E-state index >= 15 is 0 Å². The Hall–Kier alpha value is -4.88. The Balaban J connectivity index is 2.03. The highest BCUT2D eigenvalue weighted by molar-refractivity contribution is 5.67. The highest BCUT2D eigenvalue weighted by atomic mass is 16.3. The summed E-state index contributed by atoms with van der Waals surface area (Å²) < 4.78 is 0. The third kappa shape index (κ3) is 9.29. The summed E-state index contributed by atoms with van der Waals surface area (Å²) in [5, 5.41) is 98.5. The summed E-state index contributed by atoms with van der Waals surface area (Å²) in [5.74, 6) is -3.70. The second-order valence-electron chi connectivity index (χ2n) is 17.7. The molecule has 0 aliphatic heterocycles. The SMILES string of the molecule is CCN(CC)Cc1c(O)c2cc(c1O)C(C)c1cc(c(O)c(CN(CC)CC)c1O)C(C)c1cc(c(O)c(CN(CC)CC)c1O)C(C)c1cc(c(O)c(CN(CC)CC)c1O)C2C. The zero-order valence-corrected chi connectivity index (χ0v) is 40.5. The summed E-state index contributed by atoms with van der Waals surface area (Å²) >= 11 is 0. The lowest BCUT2D eigenvalue weighted by Crippen LogP contribution is -2.23. The van der Waals surface area contributed by atoms with Gasteiger partial charge in [0, 0.05) is 94.4 Å². The van der Waals surface area contributed by atoms with Crippen LogP contribution in [0.2, 0.25) is 0 Å². The zero-order chi connectivity index (χ0) is 47.5. The molecule has 12 nitrogen and oxygen atoms in total. The molecule has 0 atom stereocenters. The average Bonchev–Trinajstić information content (AvgIpc) is 3.28. The van der Waals surface area contributed by atoms with Crippen LogP contribution in [0.15, 0.2) is 24.3 Å². The second kappa shape index (κ2) is 21.0. The number of rotatable bonds is 16. The van der Waals surface area contributed by atoms with Crippen LogP contribution >= 0.6 is 0 Å². The number of hydrogen-bond acceptors (Lipinski definition) is 12. The van der Waals surface area contributed by atoms with Gasteiger partial charge in [-0.3, -0.25) is 19.6 Å². The van der Waals surface area contributed by atoms with Crippen molar-refractivity contribution in [3.05, 3.63) is 91.0 Å². The molecule has 5 rings (SSSR count). The first-order valence-corrected chi connectivity index (χ1v) is 23.6. The van der Waals surface area contributed by atoms with Gasteiger partial charge in [-0.1, -0.05) is 83.1 Å². The molecule has 0 saturated carbocycles. The van der Waals surface area contributed by atoms with E-state index in [0.717, 1.165) is 0 Å². The standard InChI is InChI=1S/C52H76N4O8/c1-13-53(14-2)25-41-45(57)33-21-34(46(41)58)30(10)36-23-38(50(62)43(48(36)60)27-55(17-5)18-6)32(12)40-24-39(51(63)44(52(40)64)28-56(19-7)20-8)31(11)37-22-35(29(33)9)47(59)42(49(37)61)26-54(15-3)16-4/h21-24,29-32,57-64H,13-20,25-28H2,1-12H3. The molecule has 0 spiro atoms. The predicted octanol–water partition coefficient (Wildman–Crippen LogP) is 9.62. The zero-order valence-electron chi connectivity index (χ0n) is 40.5. The Kier molecular flexibility index (Phi) is 16.4. The summed E-state index contributed by atoms with van der Waals surface area (Å²) in [5.41, 5.74) is 4.76. The third-order valence-corrected chi connectivity index (χ3v) is 14.6. The van der Waals surface area contributed by atoms with Gasteiger partial charge >= 0.3 is 0 Å². The fourth-order valence-corrected chi connectivity index (χ4v) is 9.65. The molecular formula is C52H76N4O8. The highest BCUT2D eigenvalue weighted by Crippen LogP contribution is 2.53. The molecule has 4 aromatic carbocycles. The lowest BCUT2D eigenvalue weighted by Gasteiger charge is -2.30. The van der Waals surface area contributed by atoms with E-state index in [1.807, 2.05) is 83.1 Å². The minimum Gasteiger partial charge on any atom is -0.507 e. The van der Waals surface area contributed by atoms with Crippen molar-refractivity contribution >= 4 is 0 Å². The van der Waals surface area contributed by atoms with Gasteiger partial charge in [0.15, 0.2) is 0 Å². The molecule has 4 aromatic rings. The lowest BCUT2D eigenvalue weighted by atomic mass is 9.78. The van der Waals surface area contributed by atoms with Gasteiger partial charge in [-0.2, -0.15) is 0 Å². The van der Waals surface area contributed by atoms with E-state index in [1.165, 1.54) is 0 Å². The monoisotopic (exact) mass is 885 g/mol. The normalized spacial score (nSPS) is 17.6. The number of nitrogens with zero attached hydrogens (tertiary/aromatic N) is 4. The van der Waals surface area contributed by atoms with Crippen LogP contribution in [-0.4, -0.2) is 113 Å². The van der Waals surface area contributed by atoms with Crippen molar-refractivity contribution in [2.24, 2.45) is 0 Å². The Morgan fingerprint density at radius 3 is 0.516 bits per heavy atom. The topological polar surface area (TPSA) is 175 Å². The van der Waals surface area contributed by atoms with E-state index in [0.29, 0.717) is 119 Å². The Morgan fingerprint density at radius 1 is 0.281 bits per heavy atom. The highest BCUT2D eigenvalue weighted by Gasteiger charge is 2.35. The van der Waals surface area contributed by atoms with Gasteiger partial charge in [0.1, 0.15) is 46.0 Å². The van der Waals surface area contributed by atoms with Gasteiger partial charge in [0.25, 0.3) is 0 Å². The van der Waals surface area contributed by atoms with Gasteiger partial charge in [-0.05, 0) is 76.6 Å². The van der Waals surface area contributed by atoms with E-state index in [1.54, 1.807) is 24.3 Å². The molecule has 0 amide bonds. The van der Waals surface area contributed by atoms with Crippen molar-refractivity contribution < 1.29 is 40.9 Å². The molecule has 0 fully saturated rings. The summed E-state index contributed by atoms with van der Waals surface area (Å²) in [7, 11) is 0. The van der Waals surface area contributed by atoms with E-state index in [-0.39, 0.29) is 72.2 Å². The van der Waals surface area contributed by atoms with Crippen molar-refractivity contribution in [2.45, 2.75) is 133 Å². The van der Waals surface area contributed by atoms with Crippen LogP contribution in [0.5, 0.6) is 46.0 Å². The molecule has 1 aliphatic rings. The van der Waals surface area contributed by atoms with Crippen LogP contribution < -0.4 is 0 Å². The molecule has 8 N–H and O–H groups in total. The minimum absolute atomic E-state index is 0.116. The maximum atomic E-state index is 12.3. The molecule has 0 radical (unpaired) electrons. The number of benzene rings is 4. The van der Waals surface area contributed by atoms with Gasteiger partial charge in [-0.25, -0.2) is 0 Å². The predicted molar refractivity (Wildman–Crippen MR) is 256 cm³/mol. The first kappa shape index (κ1) is 50.1. The maximum Gasteiger partial charge on any atom is 0.127 e. The summed E-state index contributed by atoms with van der Waals surface area (Å²) in [6.07, 6.45) is 0. The first-order valence-electron chi connectivity index (χ1n) is 23.6. The van der Waals surface area contributed by atoms with Gasteiger partial charge in [0.05, 0.1) is 22.3 Å². The Labute approximate surface area is 381 Å². The molecule has 8 bridgehead atoms. The van der Waals surface area contributed by atoms with E-state index in [4.69, 9.17) is 0 Å². The van der Waals surface area contributed by atoms with Crippen LogP contribution in [0, 0.1) is 0 Å². The number of phenolic OH excluding ortho intramolecular Hbond substituents is 8. The fourth-order valence-electron chi connectivity index (χ4n) is 9.65. The molecule has 12 heteroatoms. The molecule has 0 saturated heterocycles. The molecule has 1 aliphatic carbocycles. The van der Waals surface area contributed by atoms with Crippen molar-refractivity contribution in [2.75, 3.05) is 52.4 Å². The van der Waals surface area contributed by atoms with Crippen molar-refractivity contribution in [3.63, 3.8) is 0 Å². The maximum absolute atomic E-state index is 12.3. The van der Waals surface area contributed by atoms with Crippen LogP contribution in [0.1, 0.15) is 174 Å². The largest absolute Gasteiger partial charge is 0.507 e. The van der Waals surface area contributed by atoms with Crippen LogP contribution in [0.4, 0.5) is 0 Å².